The third kappa shape index (κ3) is 9.05. The van der Waals surface area contributed by atoms with Crippen LogP contribution in [0.2, 0.25) is 0 Å². The Bertz CT molecular complexity index is 1130. The van der Waals surface area contributed by atoms with Crippen molar-refractivity contribution in [3.63, 3.8) is 0 Å². The molecule has 0 aliphatic heterocycles. The van der Waals surface area contributed by atoms with Gasteiger partial charge in [0, 0.05) is 12.1 Å². The number of aliphatic hydroxyl groups excluding tert-OH is 1. The maximum absolute atomic E-state index is 12.5. The Morgan fingerprint density at radius 1 is 0.778 bits per heavy atom. The molecule has 190 valence electrons. The number of aliphatic hydroxyl groups is 1. The Labute approximate surface area is 210 Å². The molecule has 0 heterocycles. The van der Waals surface area contributed by atoms with Gasteiger partial charge in [0.2, 0.25) is 0 Å². The second-order valence-electron chi connectivity index (χ2n) is 9.00. The third-order valence-electron chi connectivity index (χ3n) is 4.83. The zero-order valence-corrected chi connectivity index (χ0v) is 20.6. The summed E-state index contributed by atoms with van der Waals surface area (Å²) in [7, 11) is 0. The van der Waals surface area contributed by atoms with Crippen LogP contribution in [0.1, 0.15) is 32.4 Å². The van der Waals surface area contributed by atoms with Gasteiger partial charge in [-0.2, -0.15) is 0 Å². The maximum Gasteiger partial charge on any atom is 0.349 e. The SMILES string of the molecule is CC(C)(C)NCC(O)c1ccc(OC(=O)COc2ccccc2)c(OC(=O)COc2ccccc2)c1. The monoisotopic (exact) mass is 493 g/mol. The van der Waals surface area contributed by atoms with Gasteiger partial charge >= 0.3 is 11.9 Å². The molecule has 3 rings (SSSR count). The molecule has 0 radical (unpaired) electrons. The highest BCUT2D eigenvalue weighted by Crippen LogP contribution is 2.31. The Kier molecular flexibility index (Phi) is 9.44. The van der Waals surface area contributed by atoms with Crippen LogP contribution in [0.5, 0.6) is 23.0 Å². The van der Waals surface area contributed by atoms with E-state index < -0.39 is 18.0 Å². The van der Waals surface area contributed by atoms with Crippen molar-refractivity contribution in [1.29, 1.82) is 0 Å². The van der Waals surface area contributed by atoms with E-state index in [1.165, 1.54) is 12.1 Å². The van der Waals surface area contributed by atoms with E-state index in [0.717, 1.165) is 0 Å². The first-order valence-corrected chi connectivity index (χ1v) is 11.5. The molecule has 0 aliphatic rings. The van der Waals surface area contributed by atoms with E-state index in [-0.39, 0.29) is 36.8 Å². The van der Waals surface area contributed by atoms with Crippen molar-refractivity contribution < 1.29 is 33.6 Å². The van der Waals surface area contributed by atoms with E-state index in [9.17, 15) is 14.7 Å². The summed E-state index contributed by atoms with van der Waals surface area (Å²) in [5.41, 5.74) is 0.290. The van der Waals surface area contributed by atoms with Crippen molar-refractivity contribution in [1.82, 2.24) is 5.32 Å². The molecule has 8 nitrogen and oxygen atoms in total. The molecule has 2 N–H and O–H groups in total. The fraction of sp³-hybridized carbons (Fsp3) is 0.286. The highest BCUT2D eigenvalue weighted by molar-refractivity contribution is 5.77. The molecule has 0 aromatic heterocycles. The first-order valence-electron chi connectivity index (χ1n) is 11.5. The normalized spacial score (nSPS) is 11.9. The summed E-state index contributed by atoms with van der Waals surface area (Å²) in [5, 5.41) is 13.8. The van der Waals surface area contributed by atoms with Gasteiger partial charge in [0.05, 0.1) is 6.10 Å². The zero-order valence-electron chi connectivity index (χ0n) is 20.6. The second kappa shape index (κ2) is 12.7. The van der Waals surface area contributed by atoms with Crippen molar-refractivity contribution >= 4 is 11.9 Å². The molecular weight excluding hydrogens is 462 g/mol. The molecule has 0 fully saturated rings. The number of hydrogen-bond acceptors (Lipinski definition) is 8. The van der Waals surface area contributed by atoms with Gasteiger partial charge in [-0.3, -0.25) is 0 Å². The maximum atomic E-state index is 12.5. The summed E-state index contributed by atoms with van der Waals surface area (Å²) in [6.07, 6.45) is -0.881. The number of ether oxygens (including phenoxy) is 4. The van der Waals surface area contributed by atoms with Crippen molar-refractivity contribution in [3.8, 4) is 23.0 Å². The van der Waals surface area contributed by atoms with Crippen LogP contribution in [0.4, 0.5) is 0 Å². The predicted molar refractivity (Wildman–Crippen MR) is 134 cm³/mol. The first kappa shape index (κ1) is 26.7. The minimum absolute atomic E-state index is 0.0166. The van der Waals surface area contributed by atoms with Crippen molar-refractivity contribution in [2.24, 2.45) is 0 Å². The number of nitrogens with one attached hydrogen (secondary N) is 1. The highest BCUT2D eigenvalue weighted by atomic mass is 16.6. The van der Waals surface area contributed by atoms with E-state index in [1.54, 1.807) is 54.6 Å². The molecule has 1 unspecified atom stereocenters. The number of benzene rings is 3. The minimum Gasteiger partial charge on any atom is -0.482 e. The van der Waals surface area contributed by atoms with Crippen LogP contribution in [0.15, 0.2) is 78.9 Å². The molecule has 0 saturated heterocycles. The average Bonchev–Trinajstić information content (AvgIpc) is 2.86. The zero-order chi connectivity index (χ0) is 26.0. The van der Waals surface area contributed by atoms with Gasteiger partial charge in [-0.25, -0.2) is 9.59 Å². The lowest BCUT2D eigenvalue weighted by molar-refractivity contribution is -0.139. The lowest BCUT2D eigenvalue weighted by Crippen LogP contribution is -2.38. The molecule has 1 atom stereocenters. The van der Waals surface area contributed by atoms with Gasteiger partial charge in [-0.1, -0.05) is 42.5 Å². The minimum atomic E-state index is -0.881. The summed E-state index contributed by atoms with van der Waals surface area (Å²) >= 11 is 0. The van der Waals surface area contributed by atoms with Crippen LogP contribution in [-0.4, -0.2) is 42.3 Å². The van der Waals surface area contributed by atoms with E-state index in [1.807, 2.05) is 32.9 Å². The van der Waals surface area contributed by atoms with Crippen LogP contribution in [0, 0.1) is 0 Å². The lowest BCUT2D eigenvalue weighted by Gasteiger charge is -2.23. The molecule has 8 heteroatoms. The summed E-state index contributed by atoms with van der Waals surface area (Å²) in [6, 6.07) is 22.2. The molecule has 0 bridgehead atoms. The van der Waals surface area contributed by atoms with Gasteiger partial charge in [0.25, 0.3) is 0 Å². The van der Waals surface area contributed by atoms with Crippen LogP contribution >= 0.6 is 0 Å². The van der Waals surface area contributed by atoms with Gasteiger partial charge in [0.15, 0.2) is 24.7 Å². The molecule has 3 aromatic rings. The summed E-state index contributed by atoms with van der Waals surface area (Å²) in [6.45, 7) is 5.54. The smallest absolute Gasteiger partial charge is 0.349 e. The summed E-state index contributed by atoms with van der Waals surface area (Å²) < 4.78 is 21.7. The highest BCUT2D eigenvalue weighted by Gasteiger charge is 2.19. The fourth-order valence-corrected chi connectivity index (χ4v) is 3.04. The van der Waals surface area contributed by atoms with E-state index in [0.29, 0.717) is 17.1 Å². The quantitative estimate of drug-likeness (QED) is 0.304. The molecule has 0 aliphatic carbocycles. The van der Waals surface area contributed by atoms with Gasteiger partial charge in [-0.15, -0.1) is 0 Å². The molecule has 0 spiro atoms. The van der Waals surface area contributed by atoms with Gasteiger partial charge in [-0.05, 0) is 62.7 Å². The van der Waals surface area contributed by atoms with Crippen molar-refractivity contribution in [2.75, 3.05) is 19.8 Å². The van der Waals surface area contributed by atoms with Crippen LogP contribution in [-0.2, 0) is 9.59 Å². The summed E-state index contributed by atoms with van der Waals surface area (Å²) in [5.74, 6) is -0.349. The number of para-hydroxylation sites is 2. The predicted octanol–water partition coefficient (Wildman–Crippen LogP) is 4.08. The Morgan fingerprint density at radius 2 is 1.28 bits per heavy atom. The number of esters is 2. The van der Waals surface area contributed by atoms with Crippen LogP contribution in [0.25, 0.3) is 0 Å². The lowest BCUT2D eigenvalue weighted by atomic mass is 10.1. The topological polar surface area (TPSA) is 103 Å². The average molecular weight is 494 g/mol. The fourth-order valence-electron chi connectivity index (χ4n) is 3.04. The van der Waals surface area contributed by atoms with Crippen molar-refractivity contribution in [2.45, 2.75) is 32.4 Å². The second-order valence-corrected chi connectivity index (χ2v) is 9.00. The molecular formula is C28H31NO7. The third-order valence-corrected chi connectivity index (χ3v) is 4.83. The number of hydrogen-bond donors (Lipinski definition) is 2. The van der Waals surface area contributed by atoms with E-state index in [2.05, 4.69) is 5.32 Å². The van der Waals surface area contributed by atoms with Crippen LogP contribution in [0.3, 0.4) is 0 Å². The van der Waals surface area contributed by atoms with Crippen molar-refractivity contribution in [3.05, 3.63) is 84.4 Å². The Balaban J connectivity index is 1.70. The Hall–Kier alpha value is -3.88. The molecule has 36 heavy (non-hydrogen) atoms. The number of rotatable bonds is 11. The van der Waals surface area contributed by atoms with Gasteiger partial charge < -0.3 is 29.4 Å². The Morgan fingerprint density at radius 3 is 1.78 bits per heavy atom. The molecule has 0 saturated carbocycles. The number of carbonyl (C=O) groups excluding carboxylic acids is 2. The first-order chi connectivity index (χ1) is 17.2. The van der Waals surface area contributed by atoms with E-state index >= 15 is 0 Å². The summed E-state index contributed by atoms with van der Waals surface area (Å²) in [4.78, 5) is 24.9. The van der Waals surface area contributed by atoms with Crippen LogP contribution < -0.4 is 24.3 Å². The number of carbonyl (C=O) groups is 2. The largest absolute Gasteiger partial charge is 0.482 e. The number of β-amino-alcohol motifs (C(OH)–C–C–N with tert-alkyl or cyclic N) is 1. The molecule has 0 amide bonds. The molecule has 3 aromatic carbocycles. The van der Waals surface area contributed by atoms with Gasteiger partial charge in [0.1, 0.15) is 11.5 Å². The van der Waals surface area contributed by atoms with E-state index in [4.69, 9.17) is 18.9 Å². The standard InChI is InChI=1S/C28H31NO7/c1-28(2,3)29-17-23(30)20-14-15-24(35-26(31)18-33-21-10-6-4-7-11-21)25(16-20)36-27(32)19-34-22-12-8-5-9-13-22/h4-16,23,29-30H,17-19H2,1-3H3.